The molecule has 3 rings (SSSR count). The molecule has 1 heterocycles. The highest BCUT2D eigenvalue weighted by molar-refractivity contribution is 7.89. The van der Waals surface area contributed by atoms with Crippen LogP contribution in [0.4, 0.5) is 10.1 Å². The van der Waals surface area contributed by atoms with Crippen LogP contribution in [0.15, 0.2) is 47.4 Å². The van der Waals surface area contributed by atoms with E-state index in [4.69, 9.17) is 4.74 Å². The molecule has 0 radical (unpaired) electrons. The summed E-state index contributed by atoms with van der Waals surface area (Å²) in [7, 11) is -3.89. The number of benzene rings is 2. The zero-order valence-electron chi connectivity index (χ0n) is 18.4. The number of sulfonamides is 1. The maximum Gasteiger partial charge on any atom is 0.341 e. The molecule has 32 heavy (non-hydrogen) atoms. The minimum absolute atomic E-state index is 0.210. The Morgan fingerprint density at radius 1 is 1.16 bits per heavy atom. The second-order valence-corrected chi connectivity index (χ2v) is 9.44. The van der Waals surface area contributed by atoms with Gasteiger partial charge in [-0.25, -0.2) is 17.6 Å². The van der Waals surface area contributed by atoms with Gasteiger partial charge in [0.05, 0.1) is 10.5 Å². The van der Waals surface area contributed by atoms with Gasteiger partial charge in [-0.1, -0.05) is 32.0 Å². The zero-order valence-corrected chi connectivity index (χ0v) is 19.2. The highest BCUT2D eigenvalue weighted by Crippen LogP contribution is 2.28. The molecule has 0 aliphatic carbocycles. The summed E-state index contributed by atoms with van der Waals surface area (Å²) >= 11 is 0. The van der Waals surface area contributed by atoms with Crippen LogP contribution in [-0.2, 0) is 26.0 Å². The van der Waals surface area contributed by atoms with Crippen molar-refractivity contribution in [2.45, 2.75) is 44.6 Å². The first-order valence-corrected chi connectivity index (χ1v) is 12.0. The van der Waals surface area contributed by atoms with E-state index in [2.05, 4.69) is 0 Å². The average Bonchev–Trinajstić information content (AvgIpc) is 2.78. The van der Waals surface area contributed by atoms with Crippen molar-refractivity contribution in [2.24, 2.45) is 0 Å². The second-order valence-electron chi connectivity index (χ2n) is 7.50. The smallest absolute Gasteiger partial charge is 0.341 e. The van der Waals surface area contributed by atoms with Gasteiger partial charge in [0.2, 0.25) is 10.0 Å². The van der Waals surface area contributed by atoms with Crippen LogP contribution in [0.5, 0.6) is 0 Å². The van der Waals surface area contributed by atoms with Gasteiger partial charge in [-0.05, 0) is 49.6 Å². The second kappa shape index (κ2) is 9.79. The fourth-order valence-electron chi connectivity index (χ4n) is 3.79. The summed E-state index contributed by atoms with van der Waals surface area (Å²) < 4.78 is 46.3. The van der Waals surface area contributed by atoms with E-state index in [0.717, 1.165) is 42.3 Å². The lowest BCUT2D eigenvalue weighted by Crippen LogP contribution is -2.42. The first-order valence-electron chi connectivity index (χ1n) is 10.6. The van der Waals surface area contributed by atoms with E-state index in [9.17, 15) is 22.4 Å². The average molecular weight is 463 g/mol. The van der Waals surface area contributed by atoms with Crippen LogP contribution in [0.3, 0.4) is 0 Å². The highest BCUT2D eigenvalue weighted by atomic mass is 32.2. The van der Waals surface area contributed by atoms with Crippen molar-refractivity contribution in [3.63, 3.8) is 0 Å². The van der Waals surface area contributed by atoms with Gasteiger partial charge in [-0.2, -0.15) is 4.31 Å². The topological polar surface area (TPSA) is 84.0 Å². The predicted octanol–water partition coefficient (Wildman–Crippen LogP) is 3.38. The molecule has 1 unspecified atom stereocenters. The summed E-state index contributed by atoms with van der Waals surface area (Å²) in [5, 5.41) is 0. The van der Waals surface area contributed by atoms with Crippen molar-refractivity contribution in [1.29, 1.82) is 0 Å². The largest absolute Gasteiger partial charge is 0.449 e. The predicted molar refractivity (Wildman–Crippen MR) is 119 cm³/mol. The molecule has 9 heteroatoms. The number of esters is 1. The molecule has 0 aromatic heterocycles. The molecule has 172 valence electrons. The fraction of sp³-hybridized carbons (Fsp3) is 0.391. The third kappa shape index (κ3) is 4.68. The van der Waals surface area contributed by atoms with Crippen molar-refractivity contribution in [1.82, 2.24) is 4.31 Å². The minimum atomic E-state index is -3.89. The summed E-state index contributed by atoms with van der Waals surface area (Å²) in [5.74, 6) is -2.43. The Hall–Kier alpha value is -2.78. The third-order valence-corrected chi connectivity index (χ3v) is 7.55. The van der Waals surface area contributed by atoms with Crippen molar-refractivity contribution in [2.75, 3.05) is 24.5 Å². The number of rotatable bonds is 7. The molecule has 2 aromatic carbocycles. The number of carbonyl (C=O) groups excluding carboxylic acids is 2. The summed E-state index contributed by atoms with van der Waals surface area (Å²) in [5.41, 5.74) is 1.27. The number of ether oxygens (including phenoxy) is 1. The van der Waals surface area contributed by atoms with Crippen LogP contribution in [0, 0.1) is 5.82 Å². The van der Waals surface area contributed by atoms with E-state index in [1.165, 1.54) is 11.2 Å². The lowest BCUT2D eigenvalue weighted by Gasteiger charge is -2.31. The number of amides is 1. The molecule has 0 fully saturated rings. The fourth-order valence-corrected chi connectivity index (χ4v) is 5.28. The first-order chi connectivity index (χ1) is 15.2. The van der Waals surface area contributed by atoms with Gasteiger partial charge < -0.3 is 9.64 Å². The summed E-state index contributed by atoms with van der Waals surface area (Å²) in [6.45, 7) is 5.75. The first kappa shape index (κ1) is 23.9. The number of anilines is 1. The van der Waals surface area contributed by atoms with Crippen LogP contribution >= 0.6 is 0 Å². The summed E-state index contributed by atoms with van der Waals surface area (Å²) in [6, 6.07) is 10.5. The molecule has 7 nitrogen and oxygen atoms in total. The molecule has 1 amide bonds. The molecule has 1 aliphatic heterocycles. The van der Waals surface area contributed by atoms with Crippen molar-refractivity contribution >= 4 is 27.6 Å². The number of carbonyl (C=O) groups is 2. The molecule has 1 atom stereocenters. The van der Waals surface area contributed by atoms with Gasteiger partial charge in [0, 0.05) is 25.3 Å². The maximum atomic E-state index is 14.4. The van der Waals surface area contributed by atoms with E-state index in [1.807, 2.05) is 24.3 Å². The molecule has 2 aromatic rings. The molecule has 0 N–H and O–H groups in total. The number of aryl methyl sites for hydroxylation is 1. The molecule has 0 spiro atoms. The van der Waals surface area contributed by atoms with Crippen LogP contribution in [0.25, 0.3) is 0 Å². The quantitative estimate of drug-likeness (QED) is 0.589. The molecule has 0 saturated heterocycles. The molecule has 1 aliphatic rings. The third-order valence-electron chi connectivity index (χ3n) is 5.51. The van der Waals surface area contributed by atoms with Gasteiger partial charge in [-0.15, -0.1) is 0 Å². The van der Waals surface area contributed by atoms with Gasteiger partial charge >= 0.3 is 5.97 Å². The van der Waals surface area contributed by atoms with E-state index in [0.29, 0.717) is 6.54 Å². The number of halogens is 1. The Balaban J connectivity index is 1.81. The van der Waals surface area contributed by atoms with Crippen molar-refractivity contribution < 1.29 is 27.1 Å². The molecule has 0 saturated carbocycles. The number of para-hydroxylation sites is 1. The van der Waals surface area contributed by atoms with E-state index >= 15 is 0 Å². The molecular formula is C23H27FN2O5S. The number of hydrogen-bond donors (Lipinski definition) is 0. The SMILES string of the molecule is CCN(CC)S(=O)(=O)c1ccc(F)c(C(=O)OC(C)C(=O)N2CCCc3ccccc32)c1. The highest BCUT2D eigenvalue weighted by Gasteiger charge is 2.30. The Kier molecular flexibility index (Phi) is 7.30. The zero-order chi connectivity index (χ0) is 23.5. The van der Waals surface area contributed by atoms with Crippen molar-refractivity contribution in [3.8, 4) is 0 Å². The summed E-state index contributed by atoms with van der Waals surface area (Å²) in [4.78, 5) is 27.0. The van der Waals surface area contributed by atoms with E-state index in [1.54, 1.807) is 18.7 Å². The van der Waals surface area contributed by atoms with Gasteiger partial charge in [0.1, 0.15) is 5.82 Å². The van der Waals surface area contributed by atoms with Crippen LogP contribution in [-0.4, -0.2) is 50.3 Å². The summed E-state index contributed by atoms with van der Waals surface area (Å²) in [6.07, 6.45) is 0.465. The van der Waals surface area contributed by atoms with Crippen molar-refractivity contribution in [3.05, 3.63) is 59.4 Å². The van der Waals surface area contributed by atoms with Crippen LogP contribution in [0.2, 0.25) is 0 Å². The minimum Gasteiger partial charge on any atom is -0.449 e. The van der Waals surface area contributed by atoms with Gasteiger partial charge in [0.25, 0.3) is 5.91 Å². The van der Waals surface area contributed by atoms with E-state index in [-0.39, 0.29) is 18.0 Å². The number of nitrogens with zero attached hydrogens (tertiary/aromatic N) is 2. The molecular weight excluding hydrogens is 435 g/mol. The molecule has 0 bridgehead atoms. The Labute approximate surface area is 187 Å². The Bertz CT molecular complexity index is 1120. The van der Waals surface area contributed by atoms with Gasteiger partial charge in [-0.3, -0.25) is 4.79 Å². The number of hydrogen-bond acceptors (Lipinski definition) is 5. The Morgan fingerprint density at radius 2 is 1.84 bits per heavy atom. The normalized spacial score (nSPS) is 14.7. The number of fused-ring (bicyclic) bond motifs is 1. The maximum absolute atomic E-state index is 14.4. The monoisotopic (exact) mass is 462 g/mol. The van der Waals surface area contributed by atoms with Crippen LogP contribution < -0.4 is 4.90 Å². The standard InChI is InChI=1S/C23H27FN2O5S/c1-4-25(5-2)32(29,30)18-12-13-20(24)19(15-18)23(28)31-16(3)22(27)26-14-8-10-17-9-6-7-11-21(17)26/h6-7,9,11-13,15-16H,4-5,8,10,14H2,1-3H3. The van der Waals surface area contributed by atoms with Gasteiger partial charge in [0.15, 0.2) is 6.10 Å². The van der Waals surface area contributed by atoms with Crippen LogP contribution in [0.1, 0.15) is 43.1 Å². The lowest BCUT2D eigenvalue weighted by molar-refractivity contribution is -0.126. The Morgan fingerprint density at radius 3 is 2.53 bits per heavy atom. The van der Waals surface area contributed by atoms with E-state index < -0.39 is 39.4 Å². The lowest BCUT2D eigenvalue weighted by atomic mass is 10.0.